The number of anilines is 1. The minimum absolute atomic E-state index is 0.305. The Morgan fingerprint density at radius 2 is 1.83 bits per heavy atom. The van der Waals surface area contributed by atoms with E-state index in [1.807, 2.05) is 18.2 Å². The molecule has 156 valence electrons. The second kappa shape index (κ2) is 9.28. The zero-order valence-corrected chi connectivity index (χ0v) is 17.3. The average Bonchev–Trinajstić information content (AvgIpc) is 2.78. The van der Waals surface area contributed by atoms with E-state index in [1.54, 1.807) is 36.7 Å². The molecule has 7 heteroatoms. The molecule has 1 aromatic carbocycles. The van der Waals surface area contributed by atoms with Crippen LogP contribution in [0.4, 0.5) is 5.82 Å². The van der Waals surface area contributed by atoms with Crippen LogP contribution in [0, 0.1) is 0 Å². The standard InChI is InChI=1S/C23H27N5O2/c1-26-13-15-27(16-14-26)12-6-10-24-17-20-18-7-2-3-8-19(18)22(29)28(23(20)30)21-9-4-5-11-25-21/h2-5,7-9,11,17,20H,6,10,12-16H2,1H3. The number of fused-ring (bicyclic) bond motifs is 1. The predicted molar refractivity (Wildman–Crippen MR) is 117 cm³/mol. The zero-order chi connectivity index (χ0) is 20.9. The van der Waals surface area contributed by atoms with Gasteiger partial charge in [-0.15, -0.1) is 0 Å². The van der Waals surface area contributed by atoms with Gasteiger partial charge in [-0.25, -0.2) is 9.88 Å². The summed E-state index contributed by atoms with van der Waals surface area (Å²) in [5.41, 5.74) is 1.24. The zero-order valence-electron chi connectivity index (χ0n) is 17.3. The van der Waals surface area contributed by atoms with Gasteiger partial charge in [0.25, 0.3) is 5.91 Å². The van der Waals surface area contributed by atoms with Crippen molar-refractivity contribution in [3.63, 3.8) is 0 Å². The molecule has 4 rings (SSSR count). The number of hydrogen-bond donors (Lipinski definition) is 0. The molecular formula is C23H27N5O2. The second-order valence-corrected chi connectivity index (χ2v) is 7.79. The summed E-state index contributed by atoms with van der Waals surface area (Å²) in [6, 6.07) is 12.5. The summed E-state index contributed by atoms with van der Waals surface area (Å²) in [5.74, 6) is -0.880. The third-order valence-electron chi connectivity index (χ3n) is 5.71. The molecule has 1 saturated heterocycles. The summed E-state index contributed by atoms with van der Waals surface area (Å²) in [7, 11) is 2.15. The number of hydrogen-bond acceptors (Lipinski definition) is 6. The minimum Gasteiger partial charge on any atom is -0.304 e. The predicted octanol–water partition coefficient (Wildman–Crippen LogP) is 2.06. The molecule has 1 fully saturated rings. The molecule has 0 saturated carbocycles. The van der Waals surface area contributed by atoms with Crippen LogP contribution in [0.15, 0.2) is 53.7 Å². The molecule has 0 spiro atoms. The maximum Gasteiger partial charge on any atom is 0.266 e. The quantitative estimate of drug-likeness (QED) is 0.418. The molecule has 2 aliphatic rings. The normalized spacial score (nSPS) is 20.7. The SMILES string of the molecule is CN1CCN(CCCN=CC2C(=O)N(c3ccccn3)C(=O)c3ccccc32)CC1. The molecule has 0 bridgehead atoms. The highest BCUT2D eigenvalue weighted by Gasteiger charge is 2.39. The summed E-state index contributed by atoms with van der Waals surface area (Å²) in [6.45, 7) is 6.07. The van der Waals surface area contributed by atoms with E-state index < -0.39 is 5.92 Å². The Kier molecular flexibility index (Phi) is 6.30. The molecule has 0 N–H and O–H groups in total. The lowest BCUT2D eigenvalue weighted by atomic mass is 9.89. The van der Waals surface area contributed by atoms with Crippen LogP contribution in [-0.2, 0) is 4.79 Å². The Hall–Kier alpha value is -2.90. The third-order valence-corrected chi connectivity index (χ3v) is 5.71. The molecule has 2 aromatic rings. The van der Waals surface area contributed by atoms with Crippen LogP contribution in [-0.4, -0.2) is 79.1 Å². The van der Waals surface area contributed by atoms with Crippen LogP contribution in [0.5, 0.6) is 0 Å². The van der Waals surface area contributed by atoms with E-state index in [1.165, 1.54) is 4.90 Å². The highest BCUT2D eigenvalue weighted by molar-refractivity contribution is 6.28. The van der Waals surface area contributed by atoms with E-state index in [0.717, 1.165) is 39.1 Å². The fourth-order valence-corrected chi connectivity index (χ4v) is 3.94. The molecule has 1 aromatic heterocycles. The van der Waals surface area contributed by atoms with Gasteiger partial charge in [0.2, 0.25) is 5.91 Å². The van der Waals surface area contributed by atoms with Crippen molar-refractivity contribution < 1.29 is 9.59 Å². The van der Waals surface area contributed by atoms with Crippen LogP contribution in [0.2, 0.25) is 0 Å². The maximum atomic E-state index is 13.2. The molecule has 1 unspecified atom stereocenters. The Bertz CT molecular complexity index is 922. The van der Waals surface area contributed by atoms with Crippen molar-refractivity contribution >= 4 is 23.8 Å². The van der Waals surface area contributed by atoms with E-state index in [9.17, 15) is 9.59 Å². The summed E-state index contributed by atoms with van der Waals surface area (Å²) in [4.78, 5) is 40.9. The van der Waals surface area contributed by atoms with Crippen molar-refractivity contribution in [2.75, 3.05) is 51.2 Å². The molecule has 3 heterocycles. The molecule has 7 nitrogen and oxygen atoms in total. The van der Waals surface area contributed by atoms with Gasteiger partial charge in [-0.2, -0.15) is 0 Å². The highest BCUT2D eigenvalue weighted by Crippen LogP contribution is 2.30. The van der Waals surface area contributed by atoms with E-state index in [0.29, 0.717) is 23.5 Å². The smallest absolute Gasteiger partial charge is 0.266 e. The van der Waals surface area contributed by atoms with Crippen molar-refractivity contribution in [1.29, 1.82) is 0 Å². The van der Waals surface area contributed by atoms with Gasteiger partial charge in [-0.1, -0.05) is 24.3 Å². The number of benzene rings is 1. The number of piperazine rings is 1. The Balaban J connectivity index is 1.46. The van der Waals surface area contributed by atoms with Crippen molar-refractivity contribution in [2.24, 2.45) is 4.99 Å². The second-order valence-electron chi connectivity index (χ2n) is 7.79. The van der Waals surface area contributed by atoms with Crippen LogP contribution < -0.4 is 4.90 Å². The van der Waals surface area contributed by atoms with Crippen LogP contribution in [0.3, 0.4) is 0 Å². The molecule has 1 atom stereocenters. The lowest BCUT2D eigenvalue weighted by molar-refractivity contribution is -0.118. The lowest BCUT2D eigenvalue weighted by Crippen LogP contribution is -2.46. The fraction of sp³-hybridized carbons (Fsp3) is 0.391. The molecule has 30 heavy (non-hydrogen) atoms. The summed E-state index contributed by atoms with van der Waals surface area (Å²) in [6.07, 6.45) is 4.23. The van der Waals surface area contributed by atoms with E-state index in [-0.39, 0.29) is 11.8 Å². The number of carbonyl (C=O) groups excluding carboxylic acids is 2. The number of nitrogens with zero attached hydrogens (tertiary/aromatic N) is 5. The number of likely N-dealkylation sites (N-methyl/N-ethyl adjacent to an activating group) is 1. The number of amides is 2. The van der Waals surface area contributed by atoms with Gasteiger partial charge in [0.15, 0.2) is 0 Å². The fourth-order valence-electron chi connectivity index (χ4n) is 3.94. The number of imide groups is 1. The van der Waals surface area contributed by atoms with Gasteiger partial charge in [0.1, 0.15) is 5.82 Å². The average molecular weight is 406 g/mol. The van der Waals surface area contributed by atoms with Gasteiger partial charge >= 0.3 is 0 Å². The Labute approximate surface area is 177 Å². The lowest BCUT2D eigenvalue weighted by Gasteiger charge is -2.32. The van der Waals surface area contributed by atoms with Gasteiger partial charge < -0.3 is 9.80 Å². The van der Waals surface area contributed by atoms with Gasteiger partial charge in [0.05, 0.1) is 5.92 Å². The number of aliphatic imine (C=N–C) groups is 1. The van der Waals surface area contributed by atoms with Gasteiger partial charge in [0, 0.05) is 50.7 Å². The van der Waals surface area contributed by atoms with E-state index in [2.05, 4.69) is 26.8 Å². The molecule has 2 amide bonds. The third kappa shape index (κ3) is 4.32. The first kappa shape index (κ1) is 20.4. The highest BCUT2D eigenvalue weighted by atomic mass is 16.2. The molecule has 0 radical (unpaired) electrons. The first-order chi connectivity index (χ1) is 14.6. The Morgan fingerprint density at radius 3 is 2.60 bits per heavy atom. The van der Waals surface area contributed by atoms with Crippen molar-refractivity contribution in [3.8, 4) is 0 Å². The molecular weight excluding hydrogens is 378 g/mol. The first-order valence-corrected chi connectivity index (χ1v) is 10.4. The van der Waals surface area contributed by atoms with E-state index >= 15 is 0 Å². The van der Waals surface area contributed by atoms with Crippen LogP contribution in [0.1, 0.15) is 28.3 Å². The summed E-state index contributed by atoms with van der Waals surface area (Å²) in [5, 5.41) is 0. The number of pyridine rings is 1. The first-order valence-electron chi connectivity index (χ1n) is 10.4. The number of aromatic nitrogens is 1. The number of carbonyl (C=O) groups is 2. The van der Waals surface area contributed by atoms with Gasteiger partial charge in [-0.05, 0) is 43.8 Å². The molecule has 0 aliphatic carbocycles. The summed E-state index contributed by atoms with van der Waals surface area (Å²) < 4.78 is 0. The topological polar surface area (TPSA) is 69.1 Å². The summed E-state index contributed by atoms with van der Waals surface area (Å²) >= 11 is 0. The minimum atomic E-state index is -0.579. The van der Waals surface area contributed by atoms with Crippen LogP contribution >= 0.6 is 0 Å². The number of rotatable bonds is 6. The maximum absolute atomic E-state index is 13.2. The van der Waals surface area contributed by atoms with Crippen LogP contribution in [0.25, 0.3) is 0 Å². The van der Waals surface area contributed by atoms with Crippen molar-refractivity contribution in [2.45, 2.75) is 12.3 Å². The largest absolute Gasteiger partial charge is 0.304 e. The Morgan fingerprint density at radius 1 is 1.07 bits per heavy atom. The van der Waals surface area contributed by atoms with E-state index in [4.69, 9.17) is 0 Å². The van der Waals surface area contributed by atoms with Gasteiger partial charge in [-0.3, -0.25) is 14.6 Å². The monoisotopic (exact) mass is 405 g/mol. The molecule has 2 aliphatic heterocycles. The van der Waals surface area contributed by atoms with Crippen molar-refractivity contribution in [3.05, 3.63) is 59.8 Å². The van der Waals surface area contributed by atoms with Crippen molar-refractivity contribution in [1.82, 2.24) is 14.8 Å².